The molecule has 1 aromatic carbocycles. The highest BCUT2D eigenvalue weighted by atomic mass is 16.5. The number of benzene rings is 1. The predicted molar refractivity (Wildman–Crippen MR) is 70.8 cm³/mol. The van der Waals surface area contributed by atoms with Crippen LogP contribution in [-0.2, 0) is 9.53 Å². The van der Waals surface area contributed by atoms with Crippen LogP contribution in [0.4, 0.5) is 0 Å². The van der Waals surface area contributed by atoms with Crippen molar-refractivity contribution in [3.63, 3.8) is 0 Å². The van der Waals surface area contributed by atoms with Gasteiger partial charge in [-0.25, -0.2) is 0 Å². The minimum Gasteiger partial charge on any atom is -0.481 e. The summed E-state index contributed by atoms with van der Waals surface area (Å²) in [7, 11) is 1.64. The summed E-state index contributed by atoms with van der Waals surface area (Å²) in [5.74, 6) is 0.613. The largest absolute Gasteiger partial charge is 0.481 e. The first-order chi connectivity index (χ1) is 8.63. The summed E-state index contributed by atoms with van der Waals surface area (Å²) in [5, 5.41) is 2.81. The van der Waals surface area contributed by atoms with Crippen LogP contribution in [0.3, 0.4) is 0 Å². The average Bonchev–Trinajstić information content (AvgIpc) is 2.34. The van der Waals surface area contributed by atoms with Crippen LogP contribution in [0.2, 0.25) is 0 Å². The van der Waals surface area contributed by atoms with Crippen LogP contribution >= 0.6 is 0 Å². The Balaban J connectivity index is 2.35. The number of hydrogen-bond donors (Lipinski definition) is 1. The summed E-state index contributed by atoms with van der Waals surface area (Å²) in [5.41, 5.74) is 1.11. The van der Waals surface area contributed by atoms with Crippen LogP contribution in [0.15, 0.2) is 24.3 Å². The molecule has 0 spiro atoms. The highest BCUT2D eigenvalue weighted by Crippen LogP contribution is 2.14. The van der Waals surface area contributed by atoms with E-state index in [0.29, 0.717) is 13.2 Å². The van der Waals surface area contributed by atoms with Crippen molar-refractivity contribution in [3.05, 3.63) is 29.8 Å². The third kappa shape index (κ3) is 5.19. The van der Waals surface area contributed by atoms with E-state index in [1.54, 1.807) is 14.0 Å². The molecule has 18 heavy (non-hydrogen) atoms. The molecule has 0 bridgehead atoms. The molecule has 0 saturated carbocycles. The fourth-order valence-electron chi connectivity index (χ4n) is 1.52. The molecule has 0 aromatic heterocycles. The van der Waals surface area contributed by atoms with Crippen molar-refractivity contribution in [1.29, 1.82) is 0 Å². The summed E-state index contributed by atoms with van der Waals surface area (Å²) in [6, 6.07) is 7.66. The molecule has 0 aliphatic heterocycles. The van der Waals surface area contributed by atoms with Crippen molar-refractivity contribution in [2.45, 2.75) is 26.4 Å². The van der Waals surface area contributed by atoms with E-state index in [4.69, 9.17) is 9.47 Å². The van der Waals surface area contributed by atoms with Gasteiger partial charge < -0.3 is 14.8 Å². The number of rotatable bonds is 7. The third-order valence-corrected chi connectivity index (χ3v) is 2.50. The van der Waals surface area contributed by atoms with E-state index in [0.717, 1.165) is 17.7 Å². The van der Waals surface area contributed by atoms with Gasteiger partial charge in [-0.15, -0.1) is 0 Å². The minimum atomic E-state index is -0.491. The van der Waals surface area contributed by atoms with Crippen molar-refractivity contribution in [1.82, 2.24) is 5.32 Å². The molecule has 0 unspecified atom stereocenters. The van der Waals surface area contributed by atoms with Crippen LogP contribution in [0.1, 0.15) is 18.9 Å². The second-order valence-electron chi connectivity index (χ2n) is 4.21. The number of aryl methyl sites for hydroxylation is 1. The Labute approximate surface area is 108 Å². The number of carbonyl (C=O) groups is 1. The van der Waals surface area contributed by atoms with E-state index in [9.17, 15) is 4.79 Å². The Bertz CT molecular complexity index is 379. The molecule has 4 heteroatoms. The van der Waals surface area contributed by atoms with Crippen molar-refractivity contribution < 1.29 is 14.3 Å². The SMILES string of the molecule is COCCCNC(=O)[C@@H](C)Oc1cccc(C)c1. The zero-order valence-corrected chi connectivity index (χ0v) is 11.2. The number of nitrogens with one attached hydrogen (secondary N) is 1. The normalized spacial score (nSPS) is 11.9. The molecule has 1 N–H and O–H groups in total. The number of amides is 1. The van der Waals surface area contributed by atoms with Gasteiger partial charge in [0.2, 0.25) is 0 Å². The zero-order valence-electron chi connectivity index (χ0n) is 11.2. The average molecular weight is 251 g/mol. The van der Waals surface area contributed by atoms with Gasteiger partial charge in [-0.2, -0.15) is 0 Å². The fourth-order valence-corrected chi connectivity index (χ4v) is 1.52. The van der Waals surface area contributed by atoms with Crippen LogP contribution in [0.5, 0.6) is 5.75 Å². The van der Waals surface area contributed by atoms with E-state index in [1.165, 1.54) is 0 Å². The van der Waals surface area contributed by atoms with Crippen molar-refractivity contribution >= 4 is 5.91 Å². The van der Waals surface area contributed by atoms with Gasteiger partial charge in [-0.05, 0) is 38.0 Å². The first-order valence-electron chi connectivity index (χ1n) is 6.13. The Morgan fingerprint density at radius 3 is 2.89 bits per heavy atom. The molecule has 1 atom stereocenters. The highest BCUT2D eigenvalue weighted by Gasteiger charge is 2.13. The lowest BCUT2D eigenvalue weighted by atomic mass is 10.2. The van der Waals surface area contributed by atoms with Crippen LogP contribution < -0.4 is 10.1 Å². The molecule has 4 nitrogen and oxygen atoms in total. The van der Waals surface area contributed by atoms with E-state index in [2.05, 4.69) is 5.32 Å². The Kier molecular flexibility index (Phi) is 6.22. The van der Waals surface area contributed by atoms with Gasteiger partial charge in [0.15, 0.2) is 6.10 Å². The van der Waals surface area contributed by atoms with Gasteiger partial charge in [0.05, 0.1) is 0 Å². The molecule has 0 aliphatic rings. The van der Waals surface area contributed by atoms with Crippen molar-refractivity contribution in [2.24, 2.45) is 0 Å². The number of ether oxygens (including phenoxy) is 2. The van der Waals surface area contributed by atoms with Crippen LogP contribution in [-0.4, -0.2) is 32.3 Å². The van der Waals surface area contributed by atoms with Crippen LogP contribution in [0.25, 0.3) is 0 Å². The summed E-state index contributed by atoms with van der Waals surface area (Å²) in [6.07, 6.45) is 0.314. The molecule has 1 amide bonds. The molecule has 0 radical (unpaired) electrons. The maximum absolute atomic E-state index is 11.7. The standard InChI is InChI=1S/C14H21NO3/c1-11-6-4-7-13(10-11)18-12(2)14(16)15-8-5-9-17-3/h4,6-7,10,12H,5,8-9H2,1-3H3,(H,15,16)/t12-/m1/s1. The van der Waals surface area contributed by atoms with Gasteiger partial charge in [-0.3, -0.25) is 4.79 Å². The van der Waals surface area contributed by atoms with Gasteiger partial charge in [-0.1, -0.05) is 12.1 Å². The maximum atomic E-state index is 11.7. The van der Waals surface area contributed by atoms with Crippen LogP contribution in [0, 0.1) is 6.92 Å². The Morgan fingerprint density at radius 2 is 2.22 bits per heavy atom. The minimum absolute atomic E-state index is 0.104. The summed E-state index contributed by atoms with van der Waals surface area (Å²) in [4.78, 5) is 11.7. The highest BCUT2D eigenvalue weighted by molar-refractivity contribution is 5.80. The number of carbonyl (C=O) groups excluding carboxylic acids is 1. The second-order valence-corrected chi connectivity index (χ2v) is 4.21. The molecular formula is C14H21NO3. The monoisotopic (exact) mass is 251 g/mol. The molecule has 1 rings (SSSR count). The van der Waals surface area contributed by atoms with Crippen molar-refractivity contribution in [3.8, 4) is 5.75 Å². The fraction of sp³-hybridized carbons (Fsp3) is 0.500. The first kappa shape index (κ1) is 14.5. The van der Waals surface area contributed by atoms with Gasteiger partial charge in [0.1, 0.15) is 5.75 Å². The quantitative estimate of drug-likeness (QED) is 0.753. The zero-order chi connectivity index (χ0) is 13.4. The van der Waals surface area contributed by atoms with E-state index >= 15 is 0 Å². The molecule has 0 aliphatic carbocycles. The summed E-state index contributed by atoms with van der Waals surface area (Å²) >= 11 is 0. The number of hydrogen-bond acceptors (Lipinski definition) is 3. The maximum Gasteiger partial charge on any atom is 0.260 e. The number of methoxy groups -OCH3 is 1. The molecule has 0 saturated heterocycles. The topological polar surface area (TPSA) is 47.6 Å². The summed E-state index contributed by atoms with van der Waals surface area (Å²) in [6.45, 7) is 4.98. The van der Waals surface area contributed by atoms with E-state index in [1.807, 2.05) is 31.2 Å². The molecule has 1 aromatic rings. The lowest BCUT2D eigenvalue weighted by molar-refractivity contribution is -0.127. The lowest BCUT2D eigenvalue weighted by Gasteiger charge is -2.14. The predicted octanol–water partition coefficient (Wildman–Crippen LogP) is 1.92. The molecular weight excluding hydrogens is 230 g/mol. The molecule has 100 valence electrons. The molecule has 0 fully saturated rings. The second kappa shape index (κ2) is 7.71. The van der Waals surface area contributed by atoms with Gasteiger partial charge in [0.25, 0.3) is 5.91 Å². The third-order valence-electron chi connectivity index (χ3n) is 2.50. The Hall–Kier alpha value is -1.55. The first-order valence-corrected chi connectivity index (χ1v) is 6.13. The van der Waals surface area contributed by atoms with Gasteiger partial charge >= 0.3 is 0 Å². The van der Waals surface area contributed by atoms with E-state index < -0.39 is 6.10 Å². The van der Waals surface area contributed by atoms with E-state index in [-0.39, 0.29) is 5.91 Å². The lowest BCUT2D eigenvalue weighted by Crippen LogP contribution is -2.37. The summed E-state index contributed by atoms with van der Waals surface area (Å²) < 4.78 is 10.5. The Morgan fingerprint density at radius 1 is 1.44 bits per heavy atom. The van der Waals surface area contributed by atoms with Gasteiger partial charge in [0, 0.05) is 20.3 Å². The van der Waals surface area contributed by atoms with Crippen molar-refractivity contribution in [2.75, 3.05) is 20.3 Å². The molecule has 0 heterocycles. The smallest absolute Gasteiger partial charge is 0.260 e.